The highest BCUT2D eigenvalue weighted by atomic mass is 32.2. The Morgan fingerprint density at radius 2 is 1.90 bits per heavy atom. The van der Waals surface area contributed by atoms with Gasteiger partial charge in [-0.15, -0.1) is 6.58 Å². The standard InChI is InChI=1S/C23H27NO4S/c1-2-22(15-18-8-4-3-5-9-18)29(27,28)24-13-7-12-21(17-24)20-11-6-10-19(14-20)16-23(25)26/h2-6,8-11,14,21-22H,1,7,12-13,15-17H2,(H,25,26). The second-order valence-corrected chi connectivity index (χ2v) is 9.67. The van der Waals surface area contributed by atoms with Gasteiger partial charge in [0, 0.05) is 13.1 Å². The molecule has 1 aliphatic heterocycles. The van der Waals surface area contributed by atoms with Gasteiger partial charge in [0.15, 0.2) is 0 Å². The maximum atomic E-state index is 13.3. The summed E-state index contributed by atoms with van der Waals surface area (Å²) in [6, 6.07) is 17.1. The summed E-state index contributed by atoms with van der Waals surface area (Å²) in [5.41, 5.74) is 2.71. The second-order valence-electron chi connectivity index (χ2n) is 7.52. The molecule has 154 valence electrons. The molecule has 1 fully saturated rings. The van der Waals surface area contributed by atoms with Crippen molar-refractivity contribution < 1.29 is 18.3 Å². The average Bonchev–Trinajstić information content (AvgIpc) is 2.72. The van der Waals surface area contributed by atoms with Gasteiger partial charge in [0.25, 0.3) is 0 Å². The molecule has 1 heterocycles. The molecule has 3 rings (SSSR count). The molecule has 0 bridgehead atoms. The summed E-state index contributed by atoms with van der Waals surface area (Å²) in [6.45, 7) is 4.69. The van der Waals surface area contributed by atoms with Crippen molar-refractivity contribution in [2.75, 3.05) is 13.1 Å². The lowest BCUT2D eigenvalue weighted by molar-refractivity contribution is -0.136. The van der Waals surface area contributed by atoms with Crippen LogP contribution in [0, 0.1) is 0 Å². The largest absolute Gasteiger partial charge is 0.481 e. The van der Waals surface area contributed by atoms with E-state index >= 15 is 0 Å². The quantitative estimate of drug-likeness (QED) is 0.671. The summed E-state index contributed by atoms with van der Waals surface area (Å²) >= 11 is 0. The first-order valence-electron chi connectivity index (χ1n) is 9.86. The van der Waals surface area contributed by atoms with Gasteiger partial charge in [0.2, 0.25) is 10.0 Å². The van der Waals surface area contributed by atoms with Crippen LogP contribution >= 0.6 is 0 Å². The number of aliphatic carboxylic acids is 1. The molecule has 0 amide bonds. The zero-order valence-electron chi connectivity index (χ0n) is 16.4. The third kappa shape index (κ3) is 5.34. The Morgan fingerprint density at radius 1 is 1.17 bits per heavy atom. The van der Waals surface area contributed by atoms with Crippen LogP contribution < -0.4 is 0 Å². The SMILES string of the molecule is C=CC(Cc1ccccc1)S(=O)(=O)N1CCCC(c2cccc(CC(=O)O)c2)C1. The number of carboxylic acids is 1. The molecular weight excluding hydrogens is 386 g/mol. The van der Waals surface area contributed by atoms with E-state index in [4.69, 9.17) is 5.11 Å². The predicted octanol–water partition coefficient (Wildman–Crippen LogP) is 3.62. The van der Waals surface area contributed by atoms with Crippen molar-refractivity contribution in [1.29, 1.82) is 0 Å². The number of rotatable bonds is 8. The Balaban J connectivity index is 1.76. The fraction of sp³-hybridized carbons (Fsp3) is 0.348. The first-order valence-corrected chi connectivity index (χ1v) is 11.4. The van der Waals surface area contributed by atoms with Crippen LogP contribution in [0.4, 0.5) is 0 Å². The van der Waals surface area contributed by atoms with Gasteiger partial charge in [0.05, 0.1) is 11.7 Å². The molecular formula is C23H27NO4S. The molecule has 1 aliphatic rings. The van der Waals surface area contributed by atoms with Crippen LogP contribution in [0.5, 0.6) is 0 Å². The molecule has 2 atom stereocenters. The summed E-state index contributed by atoms with van der Waals surface area (Å²) in [5.74, 6) is -0.806. The van der Waals surface area contributed by atoms with Crippen molar-refractivity contribution in [3.63, 3.8) is 0 Å². The smallest absolute Gasteiger partial charge is 0.307 e. The van der Waals surface area contributed by atoms with Crippen molar-refractivity contribution in [3.05, 3.63) is 83.9 Å². The number of nitrogens with zero attached hydrogens (tertiary/aromatic N) is 1. The van der Waals surface area contributed by atoms with Gasteiger partial charge < -0.3 is 5.11 Å². The van der Waals surface area contributed by atoms with Crippen molar-refractivity contribution >= 4 is 16.0 Å². The number of carbonyl (C=O) groups is 1. The van der Waals surface area contributed by atoms with Gasteiger partial charge >= 0.3 is 5.97 Å². The van der Waals surface area contributed by atoms with Gasteiger partial charge in [-0.05, 0) is 41.9 Å². The molecule has 1 N–H and O–H groups in total. The summed E-state index contributed by atoms with van der Waals surface area (Å²) in [7, 11) is -3.52. The number of carboxylic acid groups (broad SMARTS) is 1. The molecule has 0 saturated carbocycles. The molecule has 0 spiro atoms. The van der Waals surface area contributed by atoms with Crippen LogP contribution in [-0.4, -0.2) is 42.1 Å². The highest BCUT2D eigenvalue weighted by Gasteiger charge is 2.34. The van der Waals surface area contributed by atoms with Crippen LogP contribution in [0.3, 0.4) is 0 Å². The topological polar surface area (TPSA) is 74.7 Å². The monoisotopic (exact) mass is 413 g/mol. The third-order valence-corrected chi connectivity index (χ3v) is 7.62. The zero-order chi connectivity index (χ0) is 20.9. The lowest BCUT2D eigenvalue weighted by atomic mass is 9.90. The number of sulfonamides is 1. The summed E-state index contributed by atoms with van der Waals surface area (Å²) in [5, 5.41) is 8.36. The minimum absolute atomic E-state index is 0.0296. The maximum Gasteiger partial charge on any atom is 0.307 e. The first-order chi connectivity index (χ1) is 13.9. The number of hydrogen-bond acceptors (Lipinski definition) is 3. The van der Waals surface area contributed by atoms with Crippen LogP contribution in [0.25, 0.3) is 0 Å². The van der Waals surface area contributed by atoms with E-state index in [0.717, 1.165) is 29.5 Å². The molecule has 1 saturated heterocycles. The van der Waals surface area contributed by atoms with Crippen molar-refractivity contribution in [3.8, 4) is 0 Å². The van der Waals surface area contributed by atoms with E-state index in [9.17, 15) is 13.2 Å². The summed E-state index contributed by atoms with van der Waals surface area (Å²) < 4.78 is 28.2. The fourth-order valence-electron chi connectivity index (χ4n) is 3.93. The van der Waals surface area contributed by atoms with Gasteiger partial charge in [-0.1, -0.05) is 60.7 Å². The summed E-state index contributed by atoms with van der Waals surface area (Å²) in [6.07, 6.45) is 3.57. The lowest BCUT2D eigenvalue weighted by Crippen LogP contribution is -2.44. The number of benzene rings is 2. The molecule has 5 nitrogen and oxygen atoms in total. The van der Waals surface area contributed by atoms with Gasteiger partial charge in [0.1, 0.15) is 0 Å². The van der Waals surface area contributed by atoms with Crippen molar-refractivity contribution in [2.45, 2.75) is 36.9 Å². The maximum absolute atomic E-state index is 13.3. The van der Waals surface area contributed by atoms with Gasteiger partial charge in [-0.2, -0.15) is 0 Å². The highest BCUT2D eigenvalue weighted by molar-refractivity contribution is 7.89. The van der Waals surface area contributed by atoms with Crippen molar-refractivity contribution in [1.82, 2.24) is 4.31 Å². The molecule has 2 unspecified atom stereocenters. The first kappa shape index (κ1) is 21.3. The van der Waals surface area contributed by atoms with E-state index < -0.39 is 21.2 Å². The number of piperidine rings is 1. The van der Waals surface area contributed by atoms with Gasteiger partial charge in [-0.25, -0.2) is 12.7 Å². The lowest BCUT2D eigenvalue weighted by Gasteiger charge is -2.34. The van der Waals surface area contributed by atoms with Crippen LogP contribution in [-0.2, 0) is 27.7 Å². The van der Waals surface area contributed by atoms with Crippen LogP contribution in [0.15, 0.2) is 67.3 Å². The van der Waals surface area contributed by atoms with E-state index in [0.29, 0.717) is 19.5 Å². The Kier molecular flexibility index (Phi) is 6.87. The van der Waals surface area contributed by atoms with E-state index in [2.05, 4.69) is 6.58 Å². The Labute approximate surface area is 172 Å². The molecule has 6 heteroatoms. The second kappa shape index (κ2) is 9.37. The molecule has 2 aromatic carbocycles. The van der Waals surface area contributed by atoms with E-state index in [-0.39, 0.29) is 12.3 Å². The van der Waals surface area contributed by atoms with E-state index in [1.54, 1.807) is 10.4 Å². The minimum Gasteiger partial charge on any atom is -0.481 e. The van der Waals surface area contributed by atoms with Crippen LogP contribution in [0.2, 0.25) is 0 Å². The Hall–Kier alpha value is -2.44. The minimum atomic E-state index is -3.52. The average molecular weight is 414 g/mol. The normalized spacial score (nSPS) is 18.8. The summed E-state index contributed by atoms with van der Waals surface area (Å²) in [4.78, 5) is 11.0. The third-order valence-electron chi connectivity index (χ3n) is 5.45. The molecule has 0 aliphatic carbocycles. The van der Waals surface area contributed by atoms with E-state index in [1.165, 1.54) is 6.08 Å². The molecule has 2 aromatic rings. The van der Waals surface area contributed by atoms with Crippen molar-refractivity contribution in [2.24, 2.45) is 0 Å². The predicted molar refractivity (Wildman–Crippen MR) is 114 cm³/mol. The zero-order valence-corrected chi connectivity index (χ0v) is 17.2. The fourth-order valence-corrected chi connectivity index (χ4v) is 5.73. The Morgan fingerprint density at radius 3 is 2.59 bits per heavy atom. The number of hydrogen-bond donors (Lipinski definition) is 1. The van der Waals surface area contributed by atoms with Crippen LogP contribution in [0.1, 0.15) is 35.4 Å². The van der Waals surface area contributed by atoms with E-state index in [1.807, 2.05) is 48.5 Å². The molecule has 0 radical (unpaired) electrons. The van der Waals surface area contributed by atoms with Gasteiger partial charge in [-0.3, -0.25) is 4.79 Å². The molecule has 29 heavy (non-hydrogen) atoms. The molecule has 0 aromatic heterocycles. The Bertz CT molecular complexity index is 956. The highest BCUT2D eigenvalue weighted by Crippen LogP contribution is 2.30.